The van der Waals surface area contributed by atoms with Crippen molar-refractivity contribution < 1.29 is 67.5 Å². The van der Waals surface area contributed by atoms with Crippen LogP contribution in [0, 0.1) is 17.8 Å². The molecule has 1 saturated carbocycles. The lowest BCUT2D eigenvalue weighted by molar-refractivity contribution is -0.319. The summed E-state index contributed by atoms with van der Waals surface area (Å²) >= 11 is 0. The van der Waals surface area contributed by atoms with Crippen molar-refractivity contribution in [1.82, 2.24) is 24.8 Å². The maximum absolute atomic E-state index is 15.0. The van der Waals surface area contributed by atoms with E-state index in [1.165, 1.54) is 18.7 Å². The van der Waals surface area contributed by atoms with Crippen LogP contribution in [-0.2, 0) is 49.1 Å². The molecule has 1 aromatic heterocycles. The molecule has 21 heteroatoms. The number of carbonyl (C=O) groups excluding carboxylic acids is 1. The minimum atomic E-state index is -1.83. The lowest BCUT2D eigenvalue weighted by Gasteiger charge is -2.49. The second-order valence-corrected chi connectivity index (χ2v) is 24.5. The molecule has 4 aliphatic rings. The summed E-state index contributed by atoms with van der Waals surface area (Å²) < 4.78 is 67.9. The summed E-state index contributed by atoms with van der Waals surface area (Å²) in [6.45, 7) is 18.4. The number of nitrogens with zero attached hydrogens (tertiary/aromatic N) is 5. The number of halogens is 1. The molecule has 1 aromatic carbocycles. The third-order valence-electron chi connectivity index (χ3n) is 18.3. The van der Waals surface area contributed by atoms with Crippen molar-refractivity contribution in [3.8, 4) is 0 Å². The Hall–Kier alpha value is -3.00. The van der Waals surface area contributed by atoms with Gasteiger partial charge in [0.2, 0.25) is 0 Å². The Bertz CT molecular complexity index is 2180. The number of esters is 1. The molecule has 6 rings (SSSR count). The Morgan fingerprint density at radius 1 is 0.949 bits per heavy atom. The number of aliphatic hydroxyl groups excluding tert-OH is 3. The topological polar surface area (TPSA) is 247 Å². The fourth-order valence-electron chi connectivity index (χ4n) is 13.0. The molecule has 7 N–H and O–H groups in total. The predicted molar refractivity (Wildman–Crippen MR) is 297 cm³/mol. The van der Waals surface area contributed by atoms with Crippen molar-refractivity contribution in [2.75, 3.05) is 60.5 Å². The molecule has 20 nitrogen and oxygen atoms in total. The highest BCUT2D eigenvalue weighted by atomic mass is 19.1. The smallest absolute Gasteiger partial charge is 0.311 e. The number of hydrogen-bond donors (Lipinski definition) is 6. The number of ether oxygens (including phenoxy) is 8. The highest BCUT2D eigenvalue weighted by Gasteiger charge is 2.53. The number of nitrogens with one attached hydrogen (secondary N) is 1. The highest BCUT2D eigenvalue weighted by molar-refractivity contribution is 5.73. The van der Waals surface area contributed by atoms with Gasteiger partial charge in [0, 0.05) is 89.2 Å². The van der Waals surface area contributed by atoms with Crippen LogP contribution in [0.1, 0.15) is 144 Å². The van der Waals surface area contributed by atoms with Gasteiger partial charge in [-0.05, 0) is 118 Å². The normalized spacial score (nSPS) is 40.5. The van der Waals surface area contributed by atoms with Crippen LogP contribution in [-0.4, -0.2) is 209 Å². The first-order valence-corrected chi connectivity index (χ1v) is 29.0. The number of likely N-dealkylation sites (N-methyl/N-ethyl adjacent to an activating group) is 2. The van der Waals surface area contributed by atoms with Gasteiger partial charge in [0.05, 0.1) is 47.2 Å². The number of benzene rings is 1. The Labute approximate surface area is 469 Å². The molecule has 3 aliphatic heterocycles. The zero-order chi connectivity index (χ0) is 58.3. The lowest BCUT2D eigenvalue weighted by atomic mass is 9.77. The van der Waals surface area contributed by atoms with Crippen LogP contribution in [0.15, 0.2) is 30.5 Å². The molecule has 0 radical (unpaired) electrons. The van der Waals surface area contributed by atoms with Crippen LogP contribution in [0.3, 0.4) is 0 Å². The molecule has 22 atom stereocenters. The van der Waals surface area contributed by atoms with E-state index in [9.17, 15) is 25.2 Å². The van der Waals surface area contributed by atoms with E-state index in [0.717, 1.165) is 36.9 Å². The van der Waals surface area contributed by atoms with Gasteiger partial charge in [-0.15, -0.1) is 5.10 Å². The number of aromatic nitrogens is 3. The van der Waals surface area contributed by atoms with Crippen LogP contribution in [0.25, 0.3) is 0 Å². The number of cyclic esters (lactones) is 1. The van der Waals surface area contributed by atoms with Crippen LogP contribution in [0.5, 0.6) is 0 Å². The molecular formula is C58H100FN7O13. The summed E-state index contributed by atoms with van der Waals surface area (Å²) in [6.07, 6.45) is -2.63. The zero-order valence-corrected chi connectivity index (χ0v) is 50.0. The molecule has 2 aromatic rings. The number of rotatable bonds is 18. The fraction of sp³-hybridized carbons (Fsp3) is 0.845. The van der Waals surface area contributed by atoms with E-state index in [1.54, 1.807) is 48.1 Å². The SMILES string of the molecule is CC[C@H]1OC(=O)[C@H](C)[C@@H](O[C@H]2C[C@@](C)(OC)[C@@H](O)[C@H](C)O2)[C@H](C)[C@@H](O[C@@H]2O[C@H](C)C[C@H](N(C)CCc3cn([C@H](CF)[C@H](OC)c4ccc(NC5CCCCC5N)cc4)nn3)[C@H]2O)[C@](C)(OC)C[C@@H](C)CN(C)[C@H](C)[C@@H](O)[C@]1(C)O. The molecule has 2 unspecified atom stereocenters. The van der Waals surface area contributed by atoms with E-state index >= 15 is 4.39 Å². The van der Waals surface area contributed by atoms with Gasteiger partial charge in [-0.3, -0.25) is 4.79 Å². The molecule has 0 amide bonds. The molecule has 452 valence electrons. The van der Waals surface area contributed by atoms with E-state index < -0.39 is 121 Å². The number of methoxy groups -OCH3 is 3. The molecule has 4 fully saturated rings. The van der Waals surface area contributed by atoms with Gasteiger partial charge in [0.25, 0.3) is 0 Å². The molecular weight excluding hydrogens is 1020 g/mol. The van der Waals surface area contributed by atoms with Crippen LogP contribution in [0.4, 0.5) is 10.1 Å². The molecule has 0 bridgehead atoms. The van der Waals surface area contributed by atoms with Crippen molar-refractivity contribution in [2.45, 2.75) is 242 Å². The number of hydrogen-bond acceptors (Lipinski definition) is 19. The van der Waals surface area contributed by atoms with E-state index in [-0.39, 0.29) is 36.9 Å². The third kappa shape index (κ3) is 15.2. The first-order chi connectivity index (χ1) is 37.2. The Morgan fingerprint density at radius 3 is 2.24 bits per heavy atom. The van der Waals surface area contributed by atoms with Crippen LogP contribution < -0.4 is 11.1 Å². The summed E-state index contributed by atoms with van der Waals surface area (Å²) in [6, 6.07) is 6.38. The van der Waals surface area contributed by atoms with Gasteiger partial charge >= 0.3 is 5.97 Å². The van der Waals surface area contributed by atoms with Gasteiger partial charge in [0.1, 0.15) is 48.8 Å². The Balaban J connectivity index is 1.25. The fourth-order valence-corrected chi connectivity index (χ4v) is 13.0. The maximum atomic E-state index is 15.0. The monoisotopic (exact) mass is 1120 g/mol. The van der Waals surface area contributed by atoms with Crippen LogP contribution in [0.2, 0.25) is 0 Å². The molecule has 3 saturated heterocycles. The van der Waals surface area contributed by atoms with E-state index in [2.05, 4.69) is 22.6 Å². The zero-order valence-electron chi connectivity index (χ0n) is 50.0. The number of carbonyl (C=O) groups is 1. The molecule has 0 spiro atoms. The molecule has 1 aliphatic carbocycles. The second kappa shape index (κ2) is 28.1. The Kier molecular flexibility index (Phi) is 23.1. The quantitative estimate of drug-likeness (QED) is 0.103. The largest absolute Gasteiger partial charge is 0.459 e. The summed E-state index contributed by atoms with van der Waals surface area (Å²) in [5, 5.41) is 59.7. The Morgan fingerprint density at radius 2 is 1.62 bits per heavy atom. The van der Waals surface area contributed by atoms with Gasteiger partial charge < -0.3 is 79.2 Å². The maximum Gasteiger partial charge on any atom is 0.311 e. The number of alkyl halides is 1. The molecule has 4 heterocycles. The first kappa shape index (κ1) is 65.2. The summed E-state index contributed by atoms with van der Waals surface area (Å²) in [4.78, 5) is 18.7. The standard InChI is InChI=1S/C58H100FN7O13/c1-16-46-58(10,71)51(68)37(6)65(12)31-33(2)28-57(9,74-15)53(35(4)49(36(5)54(70)77-46)78-47-29-56(8,73-14)52(69)38(7)76-47)79-55-48(67)44(27-34(3)75-55)64(11)26-25-41-32-66(63-62-41)45(30-59)50(72-13)39-21-23-40(24-22-39)61-43-20-18-17-19-42(43)60/h21-24,32-38,42-53,55,61,67-69,71H,16-20,25-31,60H2,1-15H3/t33-,34-,35+,36-,37-,38+,42?,43?,44+,45-,46-,47+,48-,49+,50-,51-,52+,53-,55+,56-,57-,58-/m1/s1. The number of aliphatic hydroxyl groups is 4. The van der Waals surface area contributed by atoms with Crippen molar-refractivity contribution in [1.29, 1.82) is 0 Å². The number of anilines is 1. The van der Waals surface area contributed by atoms with E-state index in [4.69, 9.17) is 43.6 Å². The van der Waals surface area contributed by atoms with Gasteiger partial charge in [0.15, 0.2) is 12.6 Å². The summed E-state index contributed by atoms with van der Waals surface area (Å²) in [5.41, 5.74) is 4.78. The van der Waals surface area contributed by atoms with Crippen LogP contribution >= 0.6 is 0 Å². The lowest BCUT2D eigenvalue weighted by Crippen LogP contribution is -2.61. The highest BCUT2D eigenvalue weighted by Crippen LogP contribution is 2.42. The van der Waals surface area contributed by atoms with Crippen molar-refractivity contribution in [2.24, 2.45) is 23.5 Å². The average Bonchev–Trinajstić information content (AvgIpc) is 3.92. The second-order valence-electron chi connectivity index (χ2n) is 24.5. The summed E-state index contributed by atoms with van der Waals surface area (Å²) in [7, 11) is 8.50. The minimum Gasteiger partial charge on any atom is -0.459 e. The predicted octanol–water partition coefficient (Wildman–Crippen LogP) is 5.34. The first-order valence-electron chi connectivity index (χ1n) is 29.0. The minimum absolute atomic E-state index is 0.0882. The third-order valence-corrected chi connectivity index (χ3v) is 18.3. The number of nitrogens with two attached hydrogens (primary N) is 1. The van der Waals surface area contributed by atoms with Crippen molar-refractivity contribution in [3.63, 3.8) is 0 Å². The van der Waals surface area contributed by atoms with Crippen molar-refractivity contribution >= 4 is 11.7 Å². The summed E-state index contributed by atoms with van der Waals surface area (Å²) in [5.74, 6) is -2.51. The van der Waals surface area contributed by atoms with E-state index in [0.29, 0.717) is 38.0 Å². The van der Waals surface area contributed by atoms with Gasteiger partial charge in [-0.2, -0.15) is 0 Å². The average molecular weight is 1120 g/mol. The van der Waals surface area contributed by atoms with E-state index in [1.807, 2.05) is 75.9 Å². The molecule has 79 heavy (non-hydrogen) atoms. The van der Waals surface area contributed by atoms with Gasteiger partial charge in [-0.25, -0.2) is 9.07 Å². The van der Waals surface area contributed by atoms with Crippen molar-refractivity contribution in [3.05, 3.63) is 41.7 Å². The van der Waals surface area contributed by atoms with Gasteiger partial charge in [-0.1, -0.05) is 51.0 Å².